The maximum absolute atomic E-state index is 9.97. The summed E-state index contributed by atoms with van der Waals surface area (Å²) in [5.74, 6) is 0. The number of nitrogens with one attached hydrogen (secondary N) is 1. The molecule has 100 valence electrons. The van der Waals surface area contributed by atoms with Crippen LogP contribution in [0.3, 0.4) is 0 Å². The smallest absolute Gasteiger partial charge is 0.135 e. The Balaban J connectivity index is 2.02. The average Bonchev–Trinajstić information content (AvgIpc) is 2.75. The van der Waals surface area contributed by atoms with Crippen LogP contribution in [0.15, 0.2) is 0 Å². The fraction of sp³-hybridized carbons (Fsp3) is 1.00. The van der Waals surface area contributed by atoms with Crippen LogP contribution in [0.1, 0.15) is 13.3 Å². The van der Waals surface area contributed by atoms with E-state index >= 15 is 0 Å². The molecule has 0 radical (unpaired) electrons. The standard InChI is InChI=1S/C9H16INO5S/c1-2-4-8-9(16-11-4)7(13)6(12)5(15-8)3-14-17-10/h4-9,11-13H,2-3H2,1H3. The van der Waals surface area contributed by atoms with Gasteiger partial charge in [-0.05, 0) is 6.42 Å². The summed E-state index contributed by atoms with van der Waals surface area (Å²) < 4.78 is 10.9. The zero-order chi connectivity index (χ0) is 12.4. The summed E-state index contributed by atoms with van der Waals surface area (Å²) in [6, 6.07) is 0.0388. The lowest BCUT2D eigenvalue weighted by atomic mass is 9.92. The van der Waals surface area contributed by atoms with E-state index in [0.29, 0.717) is 0 Å². The highest BCUT2D eigenvalue weighted by molar-refractivity contribution is 14.2. The van der Waals surface area contributed by atoms with Crippen LogP contribution in [0.5, 0.6) is 0 Å². The lowest BCUT2D eigenvalue weighted by Gasteiger charge is -2.39. The van der Waals surface area contributed by atoms with Gasteiger partial charge in [-0.2, -0.15) is 5.48 Å². The van der Waals surface area contributed by atoms with Crippen molar-refractivity contribution in [2.75, 3.05) is 6.61 Å². The minimum Gasteiger partial charge on any atom is -0.387 e. The van der Waals surface area contributed by atoms with Crippen LogP contribution < -0.4 is 5.48 Å². The van der Waals surface area contributed by atoms with Gasteiger partial charge < -0.3 is 19.1 Å². The molecule has 2 heterocycles. The number of fused-ring (bicyclic) bond motifs is 1. The summed E-state index contributed by atoms with van der Waals surface area (Å²) in [6.07, 6.45) is -2.39. The number of rotatable bonds is 4. The van der Waals surface area contributed by atoms with Gasteiger partial charge in [-0.1, -0.05) is 6.92 Å². The molecule has 2 rings (SSSR count). The average molecular weight is 377 g/mol. The SMILES string of the molecule is CCC1NOC2C(O)C(O)C(COSI)OC12. The highest BCUT2D eigenvalue weighted by Crippen LogP contribution is 2.30. The molecule has 0 amide bonds. The molecule has 2 aliphatic heterocycles. The molecule has 6 atom stereocenters. The van der Waals surface area contributed by atoms with E-state index in [-0.39, 0.29) is 18.8 Å². The monoisotopic (exact) mass is 377 g/mol. The Morgan fingerprint density at radius 2 is 2.12 bits per heavy atom. The molecule has 0 aliphatic carbocycles. The quantitative estimate of drug-likeness (QED) is 0.476. The van der Waals surface area contributed by atoms with Gasteiger partial charge in [-0.25, -0.2) is 0 Å². The summed E-state index contributed by atoms with van der Waals surface area (Å²) in [7, 11) is 1.18. The number of aliphatic hydroxyl groups excluding tert-OH is 2. The van der Waals surface area contributed by atoms with Gasteiger partial charge >= 0.3 is 0 Å². The summed E-state index contributed by atoms with van der Waals surface area (Å²) >= 11 is 2.00. The fourth-order valence-corrected chi connectivity index (χ4v) is 2.83. The van der Waals surface area contributed by atoms with Crippen molar-refractivity contribution in [2.45, 2.75) is 49.9 Å². The summed E-state index contributed by atoms with van der Waals surface area (Å²) in [5, 5.41) is 19.9. The van der Waals surface area contributed by atoms with Crippen LogP contribution in [0.4, 0.5) is 0 Å². The van der Waals surface area contributed by atoms with Gasteiger partial charge in [0.1, 0.15) is 30.5 Å². The third-order valence-corrected chi connectivity index (χ3v) is 4.18. The van der Waals surface area contributed by atoms with E-state index in [1.807, 2.05) is 28.1 Å². The van der Waals surface area contributed by atoms with Gasteiger partial charge in [0, 0.05) is 21.2 Å². The maximum atomic E-state index is 9.97. The summed E-state index contributed by atoms with van der Waals surface area (Å²) in [5.41, 5.74) is 2.83. The van der Waals surface area contributed by atoms with Crippen molar-refractivity contribution in [3.63, 3.8) is 0 Å². The van der Waals surface area contributed by atoms with Crippen molar-refractivity contribution in [3.8, 4) is 0 Å². The molecular weight excluding hydrogens is 361 g/mol. The van der Waals surface area contributed by atoms with E-state index in [9.17, 15) is 10.2 Å². The molecule has 0 spiro atoms. The first kappa shape index (κ1) is 14.3. The Morgan fingerprint density at radius 3 is 2.76 bits per heavy atom. The van der Waals surface area contributed by atoms with Crippen LogP contribution in [0.2, 0.25) is 0 Å². The zero-order valence-electron chi connectivity index (χ0n) is 9.28. The fourth-order valence-electron chi connectivity index (χ4n) is 2.21. The van der Waals surface area contributed by atoms with Crippen LogP contribution in [-0.2, 0) is 13.8 Å². The largest absolute Gasteiger partial charge is 0.387 e. The lowest BCUT2D eigenvalue weighted by Crippen LogP contribution is -2.59. The Labute approximate surface area is 116 Å². The predicted octanol–water partition coefficient (Wildman–Crippen LogP) is 0.172. The van der Waals surface area contributed by atoms with E-state index < -0.39 is 24.4 Å². The molecule has 2 saturated heterocycles. The molecule has 0 aromatic carbocycles. The number of aliphatic hydroxyl groups is 2. The molecule has 3 N–H and O–H groups in total. The van der Waals surface area contributed by atoms with Crippen LogP contribution in [0, 0.1) is 0 Å². The Kier molecular flexibility index (Phi) is 5.31. The van der Waals surface area contributed by atoms with Crippen LogP contribution >= 0.6 is 30.4 Å². The zero-order valence-corrected chi connectivity index (χ0v) is 12.3. The lowest BCUT2D eigenvalue weighted by molar-refractivity contribution is -0.217. The Morgan fingerprint density at radius 1 is 1.35 bits per heavy atom. The highest BCUT2D eigenvalue weighted by atomic mass is 127. The first-order chi connectivity index (χ1) is 8.19. The molecular formula is C9H16INO5S. The minimum absolute atomic E-state index is 0.0388. The van der Waals surface area contributed by atoms with Crippen molar-refractivity contribution < 1.29 is 24.0 Å². The molecule has 0 bridgehead atoms. The molecule has 17 heavy (non-hydrogen) atoms. The molecule has 6 unspecified atom stereocenters. The molecule has 8 heteroatoms. The number of hydrogen-bond acceptors (Lipinski definition) is 7. The second-order valence-electron chi connectivity index (χ2n) is 4.18. The number of ether oxygens (including phenoxy) is 1. The normalized spacial score (nSPS) is 45.9. The minimum atomic E-state index is -0.989. The topological polar surface area (TPSA) is 80.2 Å². The van der Waals surface area contributed by atoms with Crippen LogP contribution in [-0.4, -0.2) is 53.4 Å². The highest BCUT2D eigenvalue weighted by Gasteiger charge is 2.51. The van der Waals surface area contributed by atoms with Crippen molar-refractivity contribution in [1.29, 1.82) is 0 Å². The van der Waals surface area contributed by atoms with Gasteiger partial charge in [-0.3, -0.25) is 4.84 Å². The second-order valence-corrected chi connectivity index (χ2v) is 5.62. The molecule has 2 aliphatic rings. The first-order valence-electron chi connectivity index (χ1n) is 5.52. The van der Waals surface area contributed by atoms with Gasteiger partial charge in [0.15, 0.2) is 0 Å². The van der Waals surface area contributed by atoms with Gasteiger partial charge in [0.25, 0.3) is 0 Å². The predicted molar refractivity (Wildman–Crippen MR) is 70.3 cm³/mol. The second kappa shape index (κ2) is 6.33. The van der Waals surface area contributed by atoms with Crippen molar-refractivity contribution >= 4 is 30.4 Å². The number of hydrogen-bond donors (Lipinski definition) is 3. The van der Waals surface area contributed by atoms with E-state index in [2.05, 4.69) is 5.48 Å². The summed E-state index contributed by atoms with van der Waals surface area (Å²) in [4.78, 5) is 5.26. The Hall–Kier alpha value is 0.840. The van der Waals surface area contributed by atoms with Gasteiger partial charge in [0.05, 0.1) is 21.9 Å². The maximum Gasteiger partial charge on any atom is 0.135 e. The third-order valence-electron chi connectivity index (χ3n) is 3.19. The van der Waals surface area contributed by atoms with Crippen molar-refractivity contribution in [2.24, 2.45) is 0 Å². The van der Waals surface area contributed by atoms with Crippen molar-refractivity contribution in [3.05, 3.63) is 0 Å². The van der Waals surface area contributed by atoms with E-state index in [4.69, 9.17) is 13.8 Å². The van der Waals surface area contributed by atoms with Crippen LogP contribution in [0.25, 0.3) is 0 Å². The van der Waals surface area contributed by atoms with Gasteiger partial charge in [0.2, 0.25) is 0 Å². The Bertz CT molecular complexity index is 262. The number of halogens is 1. The summed E-state index contributed by atoms with van der Waals surface area (Å²) in [6.45, 7) is 2.25. The van der Waals surface area contributed by atoms with Crippen molar-refractivity contribution in [1.82, 2.24) is 5.48 Å². The third kappa shape index (κ3) is 2.89. The molecule has 6 nitrogen and oxygen atoms in total. The molecule has 0 saturated carbocycles. The van der Waals surface area contributed by atoms with E-state index in [0.717, 1.165) is 6.42 Å². The number of hydroxylamine groups is 1. The molecule has 0 aromatic rings. The van der Waals surface area contributed by atoms with E-state index in [1.165, 1.54) is 9.21 Å². The van der Waals surface area contributed by atoms with Gasteiger partial charge in [-0.15, -0.1) is 0 Å². The van der Waals surface area contributed by atoms with E-state index in [1.54, 1.807) is 0 Å². The molecule has 2 fully saturated rings. The molecule has 0 aromatic heterocycles. The first-order valence-corrected chi connectivity index (χ1v) is 8.80.